The Balaban J connectivity index is 5.34. The summed E-state index contributed by atoms with van der Waals surface area (Å²) in [6, 6.07) is 0. The molecule has 0 aromatic heterocycles. The minimum Gasteiger partial charge on any atom is -0.285 e. The molecule has 4 nitrogen and oxygen atoms in total. The van der Waals surface area contributed by atoms with Crippen LogP contribution in [0.4, 0.5) is 0 Å². The topological polar surface area (TPSA) is 57.6 Å². The molecule has 0 radical (unpaired) electrons. The molecule has 0 aliphatic carbocycles. The van der Waals surface area contributed by atoms with Crippen molar-refractivity contribution in [2.45, 2.75) is 33.2 Å². The van der Waals surface area contributed by atoms with Gasteiger partial charge >= 0.3 is 0 Å². The van der Waals surface area contributed by atoms with Crippen LogP contribution in [0.1, 0.15) is 27.7 Å². The van der Waals surface area contributed by atoms with Crippen LogP contribution in [0.3, 0.4) is 0 Å². The fourth-order valence-corrected chi connectivity index (χ4v) is 4.15. The van der Waals surface area contributed by atoms with Crippen molar-refractivity contribution in [3.8, 4) is 0 Å². The third-order valence-corrected chi connectivity index (χ3v) is 4.18. The van der Waals surface area contributed by atoms with Crippen LogP contribution in [0.15, 0.2) is 0 Å². The van der Waals surface area contributed by atoms with Crippen LogP contribution in [0.5, 0.6) is 0 Å². The van der Waals surface area contributed by atoms with Gasteiger partial charge in [-0.15, -0.1) is 3.94 Å². The van der Waals surface area contributed by atoms with E-state index in [1.54, 1.807) is 0 Å². The molecule has 0 saturated carbocycles. The van der Waals surface area contributed by atoms with E-state index in [9.17, 15) is 8.42 Å². The van der Waals surface area contributed by atoms with Crippen molar-refractivity contribution >= 4 is 33.7 Å². The minimum absolute atomic E-state index is 0.116. The molecular weight excluding hydrogens is 261 g/mol. The number of rotatable bonds is 5. The van der Waals surface area contributed by atoms with Crippen LogP contribution in [-0.4, -0.2) is 28.2 Å². The summed E-state index contributed by atoms with van der Waals surface area (Å²) in [6.45, 7) is 7.23. The van der Waals surface area contributed by atoms with Gasteiger partial charge in [-0.1, -0.05) is 27.7 Å². The van der Waals surface area contributed by atoms with Gasteiger partial charge in [0.2, 0.25) is 0 Å². The summed E-state index contributed by atoms with van der Waals surface area (Å²) in [5.74, 6) is -0.716. The highest BCUT2D eigenvalue weighted by Crippen LogP contribution is 2.37. The summed E-state index contributed by atoms with van der Waals surface area (Å²) in [6.07, 6.45) is 0. The third-order valence-electron chi connectivity index (χ3n) is 2.73. The van der Waals surface area contributed by atoms with Gasteiger partial charge in [0.1, 0.15) is 0 Å². The Morgan fingerprint density at radius 3 is 1.60 bits per heavy atom. The lowest BCUT2D eigenvalue weighted by atomic mass is 9.79. The summed E-state index contributed by atoms with van der Waals surface area (Å²) in [4.78, 5) is 0. The first kappa shape index (κ1) is 15.4. The second kappa shape index (κ2) is 5.19. The minimum atomic E-state index is -4.13. The number of hydrogen-bond acceptors (Lipinski definition) is 3. The highest BCUT2D eigenvalue weighted by atomic mass is 35.5. The van der Waals surface area contributed by atoms with Gasteiger partial charge < -0.3 is 0 Å². The van der Waals surface area contributed by atoms with Crippen LogP contribution in [0.25, 0.3) is 0 Å². The molecule has 0 aliphatic rings. The van der Waals surface area contributed by atoms with E-state index in [-0.39, 0.29) is 11.8 Å². The van der Waals surface area contributed by atoms with Crippen LogP contribution < -0.4 is 0 Å². The molecule has 0 spiro atoms. The summed E-state index contributed by atoms with van der Waals surface area (Å²) in [5.41, 5.74) is -0.989. The van der Waals surface area contributed by atoms with Crippen molar-refractivity contribution in [3.05, 3.63) is 0 Å². The maximum Gasteiger partial charge on any atom is 0.266 e. The monoisotopic (exact) mass is 277 g/mol. The Kier molecular flexibility index (Phi) is 5.34. The second-order valence-corrected chi connectivity index (χ2v) is 6.56. The van der Waals surface area contributed by atoms with Crippen molar-refractivity contribution in [2.75, 3.05) is 5.75 Å². The molecule has 0 aliphatic heterocycles. The molecule has 0 amide bonds. The molecular formula is C8H17Cl2NO3S. The summed E-state index contributed by atoms with van der Waals surface area (Å²) in [7, 11) is -4.13. The van der Waals surface area contributed by atoms with E-state index >= 15 is 0 Å². The molecule has 0 fully saturated rings. The number of nitrogens with zero attached hydrogens (tertiary/aromatic N) is 1. The van der Waals surface area contributed by atoms with Crippen LogP contribution in [-0.2, 0) is 10.1 Å². The lowest BCUT2D eigenvalue weighted by Gasteiger charge is -2.42. The molecule has 0 atom stereocenters. The quantitative estimate of drug-likeness (QED) is 0.620. The SMILES string of the molecule is CC(C)C(CS(=O)(=O)O)(C(C)C)N(Cl)Cl. The van der Waals surface area contributed by atoms with Crippen LogP contribution in [0, 0.1) is 11.8 Å². The average molecular weight is 278 g/mol. The maximum atomic E-state index is 11.0. The van der Waals surface area contributed by atoms with Gasteiger partial charge in [-0.05, 0) is 35.4 Å². The van der Waals surface area contributed by atoms with E-state index in [1.165, 1.54) is 0 Å². The normalized spacial score (nSPS) is 14.3. The van der Waals surface area contributed by atoms with Crippen molar-refractivity contribution in [1.82, 2.24) is 3.94 Å². The van der Waals surface area contributed by atoms with Crippen molar-refractivity contribution in [2.24, 2.45) is 11.8 Å². The van der Waals surface area contributed by atoms with Crippen LogP contribution >= 0.6 is 23.6 Å². The van der Waals surface area contributed by atoms with Gasteiger partial charge in [0.05, 0.1) is 11.3 Å². The first-order valence-corrected chi connectivity index (χ1v) is 6.89. The summed E-state index contributed by atoms with van der Waals surface area (Å²) >= 11 is 11.4. The molecule has 7 heteroatoms. The van der Waals surface area contributed by atoms with E-state index < -0.39 is 21.4 Å². The molecule has 1 N–H and O–H groups in total. The molecule has 0 saturated heterocycles. The molecule has 0 heterocycles. The van der Waals surface area contributed by atoms with Gasteiger partial charge in [-0.25, -0.2) is 0 Å². The number of halogens is 2. The van der Waals surface area contributed by atoms with E-state index in [0.29, 0.717) is 0 Å². The molecule has 92 valence electrons. The zero-order valence-electron chi connectivity index (χ0n) is 9.24. The molecule has 0 bridgehead atoms. The molecule has 0 aromatic carbocycles. The molecule has 0 unspecified atom stereocenters. The Morgan fingerprint density at radius 1 is 1.20 bits per heavy atom. The van der Waals surface area contributed by atoms with Gasteiger partial charge in [0, 0.05) is 0 Å². The molecule has 0 aromatic rings. The van der Waals surface area contributed by atoms with Crippen molar-refractivity contribution in [1.29, 1.82) is 0 Å². The molecule has 15 heavy (non-hydrogen) atoms. The highest BCUT2D eigenvalue weighted by molar-refractivity contribution is 7.85. The largest absolute Gasteiger partial charge is 0.285 e. The van der Waals surface area contributed by atoms with Gasteiger partial charge in [-0.2, -0.15) is 8.42 Å². The Morgan fingerprint density at radius 2 is 1.53 bits per heavy atom. The number of hydrogen-bond donors (Lipinski definition) is 1. The lowest BCUT2D eigenvalue weighted by Crippen LogP contribution is -2.53. The highest BCUT2D eigenvalue weighted by Gasteiger charge is 2.45. The molecule has 0 rings (SSSR count). The van der Waals surface area contributed by atoms with Crippen LogP contribution in [0.2, 0.25) is 0 Å². The summed E-state index contributed by atoms with van der Waals surface area (Å²) in [5, 5.41) is 0. The fourth-order valence-electron chi connectivity index (χ4n) is 1.73. The Bertz CT molecular complexity index is 279. The van der Waals surface area contributed by atoms with Gasteiger partial charge in [-0.3, -0.25) is 4.55 Å². The van der Waals surface area contributed by atoms with Gasteiger partial charge in [0.25, 0.3) is 10.1 Å². The Hall–Kier alpha value is 0.450. The zero-order chi connectivity index (χ0) is 12.4. The zero-order valence-corrected chi connectivity index (χ0v) is 11.6. The lowest BCUT2D eigenvalue weighted by molar-refractivity contribution is 0.156. The third kappa shape index (κ3) is 3.75. The predicted molar refractivity (Wildman–Crippen MR) is 62.4 cm³/mol. The maximum absolute atomic E-state index is 11.0. The first-order chi connectivity index (χ1) is 6.54. The van der Waals surface area contributed by atoms with E-state index in [1.807, 2.05) is 27.7 Å². The smallest absolute Gasteiger partial charge is 0.266 e. The fraction of sp³-hybridized carbons (Fsp3) is 1.00. The van der Waals surface area contributed by atoms with E-state index in [0.717, 1.165) is 3.94 Å². The van der Waals surface area contributed by atoms with E-state index in [4.69, 9.17) is 28.1 Å². The standard InChI is InChI=1S/C8H17Cl2NO3S/c1-6(2)8(7(3)4,11(9)10)5-15(12,13)14/h6-7H,5H2,1-4H3,(H,12,13,14). The Labute approximate surface area is 102 Å². The van der Waals surface area contributed by atoms with Crippen molar-refractivity contribution < 1.29 is 13.0 Å². The second-order valence-electron chi connectivity index (χ2n) is 4.26. The average Bonchev–Trinajstić information content (AvgIpc) is 1.96. The summed E-state index contributed by atoms with van der Waals surface area (Å²) < 4.78 is 31.7. The predicted octanol–water partition coefficient (Wildman–Crippen LogP) is 2.53. The van der Waals surface area contributed by atoms with Gasteiger partial charge in [0.15, 0.2) is 0 Å². The first-order valence-electron chi connectivity index (χ1n) is 4.61. The van der Waals surface area contributed by atoms with E-state index in [2.05, 4.69) is 0 Å². The van der Waals surface area contributed by atoms with Crippen molar-refractivity contribution in [3.63, 3.8) is 0 Å².